The van der Waals surface area contributed by atoms with Gasteiger partial charge in [-0.15, -0.1) is 0 Å². The maximum atomic E-state index is 12.7. The van der Waals surface area contributed by atoms with E-state index >= 15 is 0 Å². The molecule has 0 saturated carbocycles. The van der Waals surface area contributed by atoms with Gasteiger partial charge >= 0.3 is 0 Å². The van der Waals surface area contributed by atoms with Gasteiger partial charge in [0.05, 0.1) is 4.90 Å². The first-order chi connectivity index (χ1) is 9.19. The summed E-state index contributed by atoms with van der Waals surface area (Å²) in [4.78, 5) is 0.355. The van der Waals surface area contributed by atoms with Crippen molar-refractivity contribution in [2.75, 3.05) is 6.54 Å². The van der Waals surface area contributed by atoms with Gasteiger partial charge in [0, 0.05) is 6.54 Å². The summed E-state index contributed by atoms with van der Waals surface area (Å²) in [5.41, 5.74) is 1.90. The van der Waals surface area contributed by atoms with Gasteiger partial charge in [0.2, 0.25) is 0 Å². The third-order valence-electron chi connectivity index (χ3n) is 3.38. The van der Waals surface area contributed by atoms with Crippen LogP contribution in [-0.4, -0.2) is 15.0 Å². The van der Waals surface area contributed by atoms with E-state index in [0.717, 1.165) is 17.5 Å². The molecule has 3 nitrogen and oxygen atoms in total. The summed E-state index contributed by atoms with van der Waals surface area (Å²) in [5.74, 6) is 0. The van der Waals surface area contributed by atoms with Crippen molar-refractivity contribution in [1.29, 1.82) is 0 Å². The van der Waals surface area contributed by atoms with Crippen molar-refractivity contribution in [3.8, 4) is 0 Å². The summed E-state index contributed by atoms with van der Waals surface area (Å²) in [6.07, 6.45) is 0.841. The first kappa shape index (κ1) is 12.4. The van der Waals surface area contributed by atoms with E-state index in [1.807, 2.05) is 18.2 Å². The van der Waals surface area contributed by atoms with Crippen molar-refractivity contribution in [3.05, 3.63) is 65.7 Å². The van der Waals surface area contributed by atoms with Crippen LogP contribution in [0.4, 0.5) is 0 Å². The molecule has 3 rings (SSSR count). The summed E-state index contributed by atoms with van der Waals surface area (Å²) >= 11 is 0. The molecular weight excluding hydrogens is 258 g/mol. The minimum Gasteiger partial charge on any atom is -0.297 e. The summed E-state index contributed by atoms with van der Waals surface area (Å²) < 4.78 is 25.4. The van der Waals surface area contributed by atoms with E-state index in [1.165, 1.54) is 0 Å². The van der Waals surface area contributed by atoms with Gasteiger partial charge in [-0.1, -0.05) is 36.4 Å². The molecule has 1 aliphatic rings. The molecular formula is C15H14NO2S. The fourth-order valence-electron chi connectivity index (χ4n) is 2.42. The molecule has 2 aromatic rings. The maximum Gasteiger partial charge on any atom is 0.198 e. The van der Waals surface area contributed by atoms with Gasteiger partial charge in [0.25, 0.3) is 0 Å². The zero-order valence-electron chi connectivity index (χ0n) is 10.3. The van der Waals surface area contributed by atoms with Crippen LogP contribution in [-0.2, 0) is 16.3 Å². The second-order valence-electron chi connectivity index (χ2n) is 4.57. The molecule has 0 bridgehead atoms. The lowest BCUT2D eigenvalue weighted by Gasteiger charge is -2.26. The normalized spacial score (nSPS) is 18.8. The predicted molar refractivity (Wildman–Crippen MR) is 73.4 cm³/mol. The van der Waals surface area contributed by atoms with Crippen LogP contribution in [0.15, 0.2) is 53.4 Å². The highest BCUT2D eigenvalue weighted by Gasteiger charge is 2.32. The zero-order chi connectivity index (χ0) is 13.3. The molecule has 4 heteroatoms. The lowest BCUT2D eigenvalue weighted by molar-refractivity contribution is 0.542. The molecule has 0 saturated heterocycles. The number of benzene rings is 2. The topological polar surface area (TPSA) is 46.2 Å². The van der Waals surface area contributed by atoms with E-state index in [9.17, 15) is 8.42 Å². The third-order valence-corrected chi connectivity index (χ3v) is 5.35. The maximum absolute atomic E-state index is 12.7. The van der Waals surface area contributed by atoms with Crippen molar-refractivity contribution in [3.63, 3.8) is 0 Å². The van der Waals surface area contributed by atoms with Crippen molar-refractivity contribution in [1.82, 2.24) is 5.32 Å². The molecule has 1 radical (unpaired) electrons. The lowest BCUT2D eigenvalue weighted by atomic mass is 10.0. The second-order valence-corrected chi connectivity index (χ2v) is 6.60. The number of hydrogen-bond acceptors (Lipinski definition) is 3. The Morgan fingerprint density at radius 1 is 1.16 bits per heavy atom. The van der Waals surface area contributed by atoms with Crippen LogP contribution in [0.2, 0.25) is 0 Å². The Morgan fingerprint density at radius 3 is 2.74 bits per heavy atom. The number of rotatable bonds is 2. The molecule has 1 unspecified atom stereocenters. The second kappa shape index (κ2) is 4.79. The van der Waals surface area contributed by atoms with E-state index < -0.39 is 15.2 Å². The van der Waals surface area contributed by atoms with Gasteiger partial charge in [-0.05, 0) is 35.7 Å². The van der Waals surface area contributed by atoms with Crippen LogP contribution < -0.4 is 5.32 Å². The Kier molecular flexibility index (Phi) is 3.12. The quantitative estimate of drug-likeness (QED) is 0.910. The van der Waals surface area contributed by atoms with Crippen molar-refractivity contribution >= 4 is 9.84 Å². The Morgan fingerprint density at radius 2 is 1.95 bits per heavy atom. The highest BCUT2D eigenvalue weighted by Crippen LogP contribution is 2.31. The van der Waals surface area contributed by atoms with E-state index in [0.29, 0.717) is 11.4 Å². The highest BCUT2D eigenvalue weighted by atomic mass is 32.2. The van der Waals surface area contributed by atoms with Crippen LogP contribution in [0.5, 0.6) is 0 Å². The molecule has 1 N–H and O–H groups in total. The molecule has 1 aliphatic heterocycles. The van der Waals surface area contributed by atoms with E-state index in [-0.39, 0.29) is 0 Å². The fraction of sp³-hybridized carbons (Fsp3) is 0.200. The summed E-state index contributed by atoms with van der Waals surface area (Å²) in [7, 11) is -3.40. The molecule has 1 heterocycles. The van der Waals surface area contributed by atoms with Crippen molar-refractivity contribution in [2.24, 2.45) is 0 Å². The fourth-order valence-corrected chi connectivity index (χ4v) is 4.13. The average Bonchev–Trinajstić information content (AvgIpc) is 2.47. The SMILES string of the molecule is O=S(=O)(c1ccccc1)C1NCCc2c[c]ccc21. The van der Waals surface area contributed by atoms with Crippen LogP contribution in [0, 0.1) is 6.07 Å². The van der Waals surface area contributed by atoms with Gasteiger partial charge in [-0.2, -0.15) is 0 Å². The minimum atomic E-state index is -3.40. The van der Waals surface area contributed by atoms with Crippen LogP contribution in [0.3, 0.4) is 0 Å². The molecule has 0 aromatic heterocycles. The lowest BCUT2D eigenvalue weighted by Crippen LogP contribution is -2.35. The monoisotopic (exact) mass is 272 g/mol. The van der Waals surface area contributed by atoms with Gasteiger partial charge in [-0.25, -0.2) is 8.42 Å². The molecule has 0 fully saturated rings. The molecule has 19 heavy (non-hydrogen) atoms. The van der Waals surface area contributed by atoms with E-state index in [2.05, 4.69) is 11.4 Å². The largest absolute Gasteiger partial charge is 0.297 e. The first-order valence-corrected chi connectivity index (χ1v) is 7.75. The molecule has 0 amide bonds. The third kappa shape index (κ3) is 2.17. The molecule has 0 spiro atoms. The Hall–Kier alpha value is -1.65. The predicted octanol–water partition coefficient (Wildman–Crippen LogP) is 2.10. The summed E-state index contributed by atoms with van der Waals surface area (Å²) in [6, 6.07) is 17.1. The zero-order valence-corrected chi connectivity index (χ0v) is 11.2. The smallest absolute Gasteiger partial charge is 0.198 e. The van der Waals surface area contributed by atoms with Gasteiger partial charge in [0.15, 0.2) is 9.84 Å². The van der Waals surface area contributed by atoms with Gasteiger partial charge < -0.3 is 0 Å². The van der Waals surface area contributed by atoms with Crippen molar-refractivity contribution < 1.29 is 8.42 Å². The van der Waals surface area contributed by atoms with Crippen LogP contribution >= 0.6 is 0 Å². The van der Waals surface area contributed by atoms with E-state index in [1.54, 1.807) is 30.3 Å². The van der Waals surface area contributed by atoms with Gasteiger partial charge in [0.1, 0.15) is 5.37 Å². The number of nitrogens with one attached hydrogen (secondary N) is 1. The molecule has 1 atom stereocenters. The van der Waals surface area contributed by atoms with Crippen LogP contribution in [0.1, 0.15) is 16.5 Å². The molecule has 2 aromatic carbocycles. The number of sulfone groups is 1. The Labute approximate surface area is 113 Å². The Bertz CT molecular complexity index is 680. The first-order valence-electron chi connectivity index (χ1n) is 6.21. The highest BCUT2D eigenvalue weighted by molar-refractivity contribution is 7.91. The Balaban J connectivity index is 2.09. The summed E-state index contributed by atoms with van der Waals surface area (Å²) in [6.45, 7) is 0.668. The average molecular weight is 272 g/mol. The molecule has 97 valence electrons. The van der Waals surface area contributed by atoms with Crippen LogP contribution in [0.25, 0.3) is 0 Å². The number of hydrogen-bond donors (Lipinski definition) is 1. The minimum absolute atomic E-state index is 0.355. The number of fused-ring (bicyclic) bond motifs is 1. The van der Waals surface area contributed by atoms with Crippen molar-refractivity contribution in [2.45, 2.75) is 16.7 Å². The summed E-state index contributed by atoms with van der Waals surface area (Å²) in [5, 5.41) is 2.45. The van der Waals surface area contributed by atoms with E-state index in [4.69, 9.17) is 0 Å². The van der Waals surface area contributed by atoms with Gasteiger partial charge in [-0.3, -0.25) is 5.32 Å². The molecule has 0 aliphatic carbocycles. The standard InChI is InChI=1S/C15H14NO2S/c17-19(18,13-7-2-1-3-8-13)15-14-9-5-4-6-12(14)10-11-16-15/h1-3,5-9,15-16H,10-11H2.